The molecule has 1 heterocycles. The van der Waals surface area contributed by atoms with Gasteiger partial charge in [0.05, 0.1) is 13.2 Å². The fourth-order valence-electron chi connectivity index (χ4n) is 1.90. The van der Waals surface area contributed by atoms with Crippen molar-refractivity contribution in [2.75, 3.05) is 26.3 Å². The number of rotatable bonds is 3. The Morgan fingerprint density at radius 2 is 1.94 bits per heavy atom. The highest BCUT2D eigenvalue weighted by atomic mass is 16.5. The van der Waals surface area contributed by atoms with Crippen LogP contribution in [-0.2, 0) is 11.3 Å². The van der Waals surface area contributed by atoms with Crippen LogP contribution in [0.4, 0.5) is 0 Å². The highest BCUT2D eigenvalue weighted by Crippen LogP contribution is 2.10. The van der Waals surface area contributed by atoms with Crippen LogP contribution in [0.2, 0.25) is 0 Å². The van der Waals surface area contributed by atoms with Crippen molar-refractivity contribution in [2.24, 2.45) is 0 Å². The van der Waals surface area contributed by atoms with Gasteiger partial charge < -0.3 is 4.74 Å². The van der Waals surface area contributed by atoms with Gasteiger partial charge in [0.15, 0.2) is 0 Å². The minimum absolute atomic E-state index is 0.850. The highest BCUT2D eigenvalue weighted by molar-refractivity contribution is 5.52. The average Bonchev–Trinajstić information content (AvgIpc) is 2.39. The van der Waals surface area contributed by atoms with E-state index >= 15 is 0 Å². The van der Waals surface area contributed by atoms with Crippen LogP contribution in [0.3, 0.4) is 0 Å². The SMILES string of the molecule is C#C/C=C/c1ccc(CN2CCOCC2)cc1. The molecule has 0 bridgehead atoms. The Labute approximate surface area is 103 Å². The monoisotopic (exact) mass is 227 g/mol. The number of benzene rings is 1. The van der Waals surface area contributed by atoms with Crippen LogP contribution in [-0.4, -0.2) is 31.2 Å². The lowest BCUT2D eigenvalue weighted by Crippen LogP contribution is -2.35. The van der Waals surface area contributed by atoms with E-state index in [0.29, 0.717) is 0 Å². The normalized spacial score (nSPS) is 17.1. The molecule has 1 saturated heterocycles. The fourth-order valence-corrected chi connectivity index (χ4v) is 1.90. The largest absolute Gasteiger partial charge is 0.379 e. The Hall–Kier alpha value is -1.56. The van der Waals surface area contributed by atoms with Gasteiger partial charge in [-0.2, -0.15) is 0 Å². The van der Waals surface area contributed by atoms with Crippen LogP contribution in [0.1, 0.15) is 11.1 Å². The van der Waals surface area contributed by atoms with Gasteiger partial charge in [-0.1, -0.05) is 30.2 Å². The Morgan fingerprint density at radius 3 is 2.59 bits per heavy atom. The van der Waals surface area contributed by atoms with E-state index in [1.54, 1.807) is 6.08 Å². The predicted octanol–water partition coefficient (Wildman–Crippen LogP) is 2.17. The van der Waals surface area contributed by atoms with Gasteiger partial charge in [-0.15, -0.1) is 6.42 Å². The van der Waals surface area contributed by atoms with E-state index in [4.69, 9.17) is 11.2 Å². The molecule has 2 nitrogen and oxygen atoms in total. The minimum atomic E-state index is 0.850. The first-order valence-corrected chi connectivity index (χ1v) is 5.90. The average molecular weight is 227 g/mol. The lowest BCUT2D eigenvalue weighted by molar-refractivity contribution is 0.0342. The molecule has 0 N–H and O–H groups in total. The molecule has 1 fully saturated rings. The number of morpholine rings is 1. The minimum Gasteiger partial charge on any atom is -0.379 e. The van der Waals surface area contributed by atoms with E-state index in [1.165, 1.54) is 5.56 Å². The maximum atomic E-state index is 5.33. The molecule has 17 heavy (non-hydrogen) atoms. The second-order valence-electron chi connectivity index (χ2n) is 4.13. The van der Waals surface area contributed by atoms with Gasteiger partial charge in [0.1, 0.15) is 0 Å². The van der Waals surface area contributed by atoms with Crippen molar-refractivity contribution < 1.29 is 4.74 Å². The van der Waals surface area contributed by atoms with Crippen molar-refractivity contribution in [3.05, 3.63) is 41.5 Å². The van der Waals surface area contributed by atoms with Crippen LogP contribution in [0.15, 0.2) is 30.3 Å². The number of hydrogen-bond acceptors (Lipinski definition) is 2. The summed E-state index contributed by atoms with van der Waals surface area (Å²) < 4.78 is 5.33. The summed E-state index contributed by atoms with van der Waals surface area (Å²) in [5, 5.41) is 0. The lowest BCUT2D eigenvalue weighted by atomic mass is 10.1. The molecule has 2 rings (SSSR count). The second-order valence-corrected chi connectivity index (χ2v) is 4.13. The molecule has 0 aliphatic carbocycles. The summed E-state index contributed by atoms with van der Waals surface area (Å²) >= 11 is 0. The van der Waals surface area contributed by atoms with Gasteiger partial charge in [-0.25, -0.2) is 0 Å². The molecular formula is C15H17NO. The second kappa shape index (κ2) is 6.24. The zero-order valence-electron chi connectivity index (χ0n) is 9.93. The van der Waals surface area contributed by atoms with E-state index in [0.717, 1.165) is 38.4 Å². The molecule has 0 radical (unpaired) electrons. The van der Waals surface area contributed by atoms with Crippen LogP contribution in [0, 0.1) is 12.3 Å². The van der Waals surface area contributed by atoms with Gasteiger partial charge in [-0.3, -0.25) is 4.90 Å². The molecule has 1 aromatic rings. The van der Waals surface area contributed by atoms with Crippen molar-refractivity contribution >= 4 is 6.08 Å². The third-order valence-corrected chi connectivity index (χ3v) is 2.86. The van der Waals surface area contributed by atoms with E-state index in [9.17, 15) is 0 Å². The van der Waals surface area contributed by atoms with E-state index < -0.39 is 0 Å². The summed E-state index contributed by atoms with van der Waals surface area (Å²) in [5.41, 5.74) is 2.48. The maximum Gasteiger partial charge on any atom is 0.0594 e. The van der Waals surface area contributed by atoms with Crippen LogP contribution in [0.5, 0.6) is 0 Å². The first kappa shape index (κ1) is 11.9. The summed E-state index contributed by atoms with van der Waals surface area (Å²) in [6.45, 7) is 4.76. The maximum absolute atomic E-state index is 5.33. The molecule has 0 amide bonds. The summed E-state index contributed by atoms with van der Waals surface area (Å²) in [7, 11) is 0. The summed E-state index contributed by atoms with van der Waals surface area (Å²) in [4.78, 5) is 2.41. The Morgan fingerprint density at radius 1 is 1.24 bits per heavy atom. The van der Waals surface area contributed by atoms with E-state index in [2.05, 4.69) is 35.1 Å². The van der Waals surface area contributed by atoms with Gasteiger partial charge in [0.25, 0.3) is 0 Å². The first-order chi connectivity index (χ1) is 8.38. The number of hydrogen-bond donors (Lipinski definition) is 0. The highest BCUT2D eigenvalue weighted by Gasteiger charge is 2.09. The van der Waals surface area contributed by atoms with Crippen LogP contribution < -0.4 is 0 Å². The third-order valence-electron chi connectivity index (χ3n) is 2.86. The van der Waals surface area contributed by atoms with Gasteiger partial charge in [-0.05, 0) is 23.3 Å². The number of allylic oxidation sites excluding steroid dienone is 1. The van der Waals surface area contributed by atoms with Gasteiger partial charge in [0.2, 0.25) is 0 Å². The Balaban J connectivity index is 1.93. The van der Waals surface area contributed by atoms with Gasteiger partial charge in [0, 0.05) is 19.6 Å². The van der Waals surface area contributed by atoms with Crippen molar-refractivity contribution in [2.45, 2.75) is 6.54 Å². The molecule has 1 aliphatic rings. The third kappa shape index (κ3) is 3.74. The van der Waals surface area contributed by atoms with Crippen molar-refractivity contribution in [1.29, 1.82) is 0 Å². The van der Waals surface area contributed by atoms with Crippen molar-refractivity contribution in [3.63, 3.8) is 0 Å². The van der Waals surface area contributed by atoms with E-state index in [1.807, 2.05) is 6.08 Å². The molecule has 1 aliphatic heterocycles. The quantitative estimate of drug-likeness (QED) is 0.734. The lowest BCUT2D eigenvalue weighted by Gasteiger charge is -2.26. The van der Waals surface area contributed by atoms with Crippen LogP contribution in [0.25, 0.3) is 6.08 Å². The molecule has 0 atom stereocenters. The summed E-state index contributed by atoms with van der Waals surface area (Å²) in [6.07, 6.45) is 8.84. The van der Waals surface area contributed by atoms with E-state index in [-0.39, 0.29) is 0 Å². The molecule has 0 aromatic heterocycles. The Kier molecular flexibility index (Phi) is 4.37. The van der Waals surface area contributed by atoms with Crippen LogP contribution >= 0.6 is 0 Å². The Bertz CT molecular complexity index is 408. The predicted molar refractivity (Wildman–Crippen MR) is 70.4 cm³/mol. The summed E-state index contributed by atoms with van der Waals surface area (Å²) in [6, 6.07) is 8.52. The zero-order chi connectivity index (χ0) is 11.9. The molecule has 2 heteroatoms. The molecule has 88 valence electrons. The number of terminal acetylenes is 1. The molecular weight excluding hydrogens is 210 g/mol. The molecule has 0 saturated carbocycles. The van der Waals surface area contributed by atoms with Crippen molar-refractivity contribution in [3.8, 4) is 12.3 Å². The molecule has 1 aromatic carbocycles. The number of nitrogens with zero attached hydrogens (tertiary/aromatic N) is 1. The number of ether oxygens (including phenoxy) is 1. The fraction of sp³-hybridized carbons (Fsp3) is 0.333. The smallest absolute Gasteiger partial charge is 0.0594 e. The zero-order valence-corrected chi connectivity index (χ0v) is 9.93. The topological polar surface area (TPSA) is 12.5 Å². The standard InChI is InChI=1S/C15H17NO/c1-2-3-4-14-5-7-15(8-6-14)13-16-9-11-17-12-10-16/h1,3-8H,9-13H2/b4-3+. The van der Waals surface area contributed by atoms with Crippen molar-refractivity contribution in [1.82, 2.24) is 4.90 Å². The molecule has 0 spiro atoms. The summed E-state index contributed by atoms with van der Waals surface area (Å²) in [5.74, 6) is 2.49. The first-order valence-electron chi connectivity index (χ1n) is 5.90. The van der Waals surface area contributed by atoms with Gasteiger partial charge >= 0.3 is 0 Å². The molecule has 0 unspecified atom stereocenters.